The minimum absolute atomic E-state index is 0.0322. The molecule has 0 spiro atoms. The molecule has 0 unspecified atom stereocenters. The molecule has 2 rings (SSSR count). The van der Waals surface area contributed by atoms with E-state index in [1.165, 1.54) is 18.3 Å². The van der Waals surface area contributed by atoms with Crippen molar-refractivity contribution in [3.8, 4) is 5.75 Å². The van der Waals surface area contributed by atoms with Crippen LogP contribution in [0.1, 0.15) is 17.3 Å². The topological polar surface area (TPSA) is 48.4 Å². The Kier molecular flexibility index (Phi) is 4.80. The Labute approximate surface area is 128 Å². The summed E-state index contributed by atoms with van der Waals surface area (Å²) in [6.45, 7) is -1.21. The predicted molar refractivity (Wildman–Crippen MR) is 74.4 cm³/mol. The van der Waals surface area contributed by atoms with Crippen molar-refractivity contribution in [1.29, 1.82) is 0 Å². The molecule has 1 aromatic carbocycles. The molecule has 0 aliphatic rings. The molecule has 0 aliphatic heterocycles. The van der Waals surface area contributed by atoms with Gasteiger partial charge in [0.05, 0.1) is 27.7 Å². The van der Waals surface area contributed by atoms with Gasteiger partial charge in [0.1, 0.15) is 5.75 Å². The van der Waals surface area contributed by atoms with E-state index in [-0.39, 0.29) is 33.4 Å². The van der Waals surface area contributed by atoms with Crippen LogP contribution in [0.2, 0.25) is 10.0 Å². The van der Waals surface area contributed by atoms with E-state index in [1.54, 1.807) is 6.92 Å². The van der Waals surface area contributed by atoms with Crippen molar-refractivity contribution < 1.29 is 23.0 Å². The van der Waals surface area contributed by atoms with Crippen molar-refractivity contribution in [2.24, 2.45) is 0 Å². The second kappa shape index (κ2) is 6.41. The maximum absolute atomic E-state index is 12.3. The molecule has 0 radical (unpaired) electrons. The molecule has 1 aromatic heterocycles. The fourth-order valence-corrected chi connectivity index (χ4v) is 2.18. The van der Waals surface area contributed by atoms with Crippen LogP contribution in [0.15, 0.2) is 18.3 Å². The number of carbonyl (C=O) groups excluding carboxylic acids is 1. The number of rotatable bonds is 4. The molecule has 0 aliphatic carbocycles. The number of pyridine rings is 1. The van der Waals surface area contributed by atoms with E-state index in [1.807, 2.05) is 0 Å². The summed E-state index contributed by atoms with van der Waals surface area (Å²) in [4.78, 5) is 15.7. The maximum Gasteiger partial charge on any atom is 0.387 e. The molecule has 4 nitrogen and oxygen atoms in total. The lowest BCUT2D eigenvalue weighted by atomic mass is 10.1. The first-order valence-electron chi connectivity index (χ1n) is 5.83. The number of hydrogen-bond acceptors (Lipinski definition) is 4. The van der Waals surface area contributed by atoms with Gasteiger partial charge < -0.3 is 9.47 Å². The van der Waals surface area contributed by atoms with Gasteiger partial charge in [-0.25, -0.2) is 4.79 Å². The zero-order valence-corrected chi connectivity index (χ0v) is 12.2. The average molecular weight is 336 g/mol. The summed E-state index contributed by atoms with van der Waals surface area (Å²) in [7, 11) is 0. The lowest BCUT2D eigenvalue weighted by Gasteiger charge is -2.10. The quantitative estimate of drug-likeness (QED) is 0.780. The highest BCUT2D eigenvalue weighted by molar-refractivity contribution is 6.39. The number of carbonyl (C=O) groups is 1. The normalized spacial score (nSPS) is 11.0. The number of esters is 1. The highest BCUT2D eigenvalue weighted by Crippen LogP contribution is 2.35. The van der Waals surface area contributed by atoms with Crippen molar-refractivity contribution in [3.63, 3.8) is 0 Å². The molecule has 0 bridgehead atoms. The van der Waals surface area contributed by atoms with Gasteiger partial charge in [0.25, 0.3) is 0 Å². The van der Waals surface area contributed by atoms with Crippen LogP contribution < -0.4 is 4.74 Å². The SMILES string of the molecule is CCOC(=O)c1cnc2cc(Cl)c(OC(F)F)cc2c1Cl. The van der Waals surface area contributed by atoms with Gasteiger partial charge in [-0.3, -0.25) is 4.98 Å². The summed E-state index contributed by atoms with van der Waals surface area (Å²) < 4.78 is 33.7. The first-order chi connectivity index (χ1) is 9.93. The van der Waals surface area contributed by atoms with Crippen molar-refractivity contribution >= 4 is 40.1 Å². The summed E-state index contributed by atoms with van der Waals surface area (Å²) in [5, 5.41) is 0.270. The molecular formula is C13H9Cl2F2NO3. The number of alkyl halides is 2. The molecule has 0 saturated carbocycles. The molecule has 0 atom stereocenters. The van der Waals surface area contributed by atoms with Gasteiger partial charge in [-0.2, -0.15) is 8.78 Å². The van der Waals surface area contributed by atoms with E-state index in [2.05, 4.69) is 9.72 Å². The van der Waals surface area contributed by atoms with Crippen LogP contribution in [0.5, 0.6) is 5.75 Å². The molecule has 0 fully saturated rings. The zero-order valence-electron chi connectivity index (χ0n) is 10.7. The largest absolute Gasteiger partial charge is 0.462 e. The van der Waals surface area contributed by atoms with E-state index in [0.717, 1.165) is 0 Å². The smallest absolute Gasteiger partial charge is 0.387 e. The second-order valence-corrected chi connectivity index (χ2v) is 4.67. The van der Waals surface area contributed by atoms with Gasteiger partial charge in [-0.15, -0.1) is 0 Å². The van der Waals surface area contributed by atoms with Gasteiger partial charge in [0.15, 0.2) is 0 Å². The highest BCUT2D eigenvalue weighted by atomic mass is 35.5. The Hall–Kier alpha value is -1.66. The molecule has 1 heterocycles. The minimum Gasteiger partial charge on any atom is -0.462 e. The number of ether oxygens (including phenoxy) is 2. The molecule has 2 aromatic rings. The first kappa shape index (κ1) is 15.7. The zero-order chi connectivity index (χ0) is 15.6. The van der Waals surface area contributed by atoms with E-state index in [9.17, 15) is 13.6 Å². The fraction of sp³-hybridized carbons (Fsp3) is 0.231. The molecular weight excluding hydrogens is 327 g/mol. The van der Waals surface area contributed by atoms with E-state index < -0.39 is 12.6 Å². The third kappa shape index (κ3) is 3.33. The van der Waals surface area contributed by atoms with Crippen LogP contribution in [-0.2, 0) is 4.74 Å². The Morgan fingerprint density at radius 1 is 1.38 bits per heavy atom. The van der Waals surface area contributed by atoms with Gasteiger partial charge in [0, 0.05) is 11.6 Å². The number of benzene rings is 1. The predicted octanol–water partition coefficient (Wildman–Crippen LogP) is 4.32. The van der Waals surface area contributed by atoms with E-state index >= 15 is 0 Å². The van der Waals surface area contributed by atoms with E-state index in [0.29, 0.717) is 5.52 Å². The lowest BCUT2D eigenvalue weighted by Crippen LogP contribution is -2.07. The summed E-state index contributed by atoms with van der Waals surface area (Å²) in [6.07, 6.45) is 1.24. The molecule has 21 heavy (non-hydrogen) atoms. The molecule has 112 valence electrons. The first-order valence-corrected chi connectivity index (χ1v) is 6.59. The third-order valence-corrected chi connectivity index (χ3v) is 3.27. The van der Waals surface area contributed by atoms with Crippen molar-refractivity contribution in [2.45, 2.75) is 13.5 Å². The van der Waals surface area contributed by atoms with Gasteiger partial charge in [-0.05, 0) is 19.1 Å². The molecule has 0 amide bonds. The van der Waals surface area contributed by atoms with Crippen molar-refractivity contribution in [3.05, 3.63) is 33.9 Å². The molecule has 8 heteroatoms. The number of hydrogen-bond donors (Lipinski definition) is 0. The van der Waals surface area contributed by atoms with Gasteiger partial charge in [-0.1, -0.05) is 23.2 Å². The number of nitrogens with zero attached hydrogens (tertiary/aromatic N) is 1. The van der Waals surface area contributed by atoms with Crippen LogP contribution in [0.4, 0.5) is 8.78 Å². The van der Waals surface area contributed by atoms with Crippen LogP contribution in [0.3, 0.4) is 0 Å². The number of fused-ring (bicyclic) bond motifs is 1. The average Bonchev–Trinajstić information content (AvgIpc) is 2.40. The second-order valence-electron chi connectivity index (χ2n) is 3.88. The Morgan fingerprint density at radius 2 is 2.10 bits per heavy atom. The third-order valence-electron chi connectivity index (χ3n) is 2.57. The summed E-state index contributed by atoms with van der Waals surface area (Å²) in [6, 6.07) is 2.54. The molecule has 0 saturated heterocycles. The van der Waals surface area contributed by atoms with Crippen molar-refractivity contribution in [1.82, 2.24) is 4.98 Å². The van der Waals surface area contributed by atoms with Crippen LogP contribution in [-0.4, -0.2) is 24.2 Å². The summed E-state index contributed by atoms with van der Waals surface area (Å²) in [5.74, 6) is -0.896. The van der Waals surface area contributed by atoms with Crippen LogP contribution in [0.25, 0.3) is 10.9 Å². The monoisotopic (exact) mass is 335 g/mol. The molecule has 0 N–H and O–H groups in total. The Morgan fingerprint density at radius 3 is 2.71 bits per heavy atom. The Balaban J connectivity index is 2.57. The van der Waals surface area contributed by atoms with Crippen molar-refractivity contribution in [2.75, 3.05) is 6.61 Å². The summed E-state index contributed by atoms with van der Waals surface area (Å²) in [5.41, 5.74) is 0.385. The standard InChI is InChI=1S/C13H9Cl2F2NO3/c1-2-20-12(19)7-5-18-9-4-8(14)10(21-13(16)17)3-6(9)11(7)15/h3-5,13H,2H2,1H3. The summed E-state index contributed by atoms with van der Waals surface area (Å²) >= 11 is 11.9. The van der Waals surface area contributed by atoms with E-state index in [4.69, 9.17) is 27.9 Å². The maximum atomic E-state index is 12.3. The number of halogens is 4. The van der Waals surface area contributed by atoms with Gasteiger partial charge >= 0.3 is 12.6 Å². The fourth-order valence-electron chi connectivity index (χ4n) is 1.70. The highest BCUT2D eigenvalue weighted by Gasteiger charge is 2.18. The van der Waals surface area contributed by atoms with Crippen LogP contribution in [0, 0.1) is 0 Å². The van der Waals surface area contributed by atoms with Crippen LogP contribution >= 0.6 is 23.2 Å². The lowest BCUT2D eigenvalue weighted by molar-refractivity contribution is -0.0497. The Bertz CT molecular complexity index is 695. The van der Waals surface area contributed by atoms with Gasteiger partial charge in [0.2, 0.25) is 0 Å². The number of aromatic nitrogens is 1. The minimum atomic E-state index is -3.03.